The molecule has 0 heterocycles. The number of carbonyl (C=O) groups excluding carboxylic acids is 1. The first-order chi connectivity index (χ1) is 6.11. The van der Waals surface area contributed by atoms with Crippen molar-refractivity contribution in [1.82, 2.24) is 0 Å². The van der Waals surface area contributed by atoms with Crippen LogP contribution in [0.25, 0.3) is 0 Å². The van der Waals surface area contributed by atoms with Crippen LogP contribution < -0.4 is 0 Å². The molecule has 2 nitrogen and oxygen atoms in total. The van der Waals surface area contributed by atoms with Crippen molar-refractivity contribution < 1.29 is 9.53 Å². The van der Waals surface area contributed by atoms with Crippen molar-refractivity contribution in [2.24, 2.45) is 0 Å². The zero-order chi connectivity index (χ0) is 10.3. The largest absolute Gasteiger partial charge is 0.363 e. The van der Waals surface area contributed by atoms with Crippen molar-refractivity contribution in [3.8, 4) is 0 Å². The van der Waals surface area contributed by atoms with Crippen LogP contribution in [-0.2, 0) is 9.53 Å². The van der Waals surface area contributed by atoms with E-state index < -0.39 is 5.06 Å². The molecule has 0 saturated carbocycles. The molecule has 0 fully saturated rings. The Morgan fingerprint density at radius 2 is 2.15 bits per heavy atom. The monoisotopic (exact) mass is 204 g/mol. The van der Waals surface area contributed by atoms with Crippen molar-refractivity contribution >= 4 is 17.5 Å². The second-order valence-corrected chi connectivity index (χ2v) is 3.76. The number of hydrogen-bond acceptors (Lipinski definition) is 2. The number of alkyl halides is 1. The van der Waals surface area contributed by atoms with Crippen LogP contribution >= 0.6 is 11.6 Å². The number of halogens is 1. The molecule has 0 aliphatic carbocycles. The number of methoxy groups -OCH3 is 1. The van der Waals surface area contributed by atoms with Crippen LogP contribution in [0.1, 0.15) is 39.5 Å². The van der Waals surface area contributed by atoms with E-state index in [4.69, 9.17) is 16.3 Å². The van der Waals surface area contributed by atoms with E-state index in [2.05, 4.69) is 0 Å². The summed E-state index contributed by atoms with van der Waals surface area (Å²) >= 11 is 6.15. The zero-order valence-electron chi connectivity index (χ0n) is 8.52. The van der Waals surface area contributed by atoms with Gasteiger partial charge in [-0.05, 0) is 12.8 Å². The van der Waals surface area contributed by atoms with Crippen LogP contribution in [0.4, 0.5) is 0 Å². The molecule has 13 heavy (non-hydrogen) atoms. The highest BCUT2D eigenvalue weighted by molar-refractivity contribution is 6.23. The summed E-state index contributed by atoms with van der Waals surface area (Å²) in [6.45, 7) is 3.95. The highest BCUT2D eigenvalue weighted by Crippen LogP contribution is 2.30. The highest BCUT2D eigenvalue weighted by atomic mass is 35.5. The molecule has 0 rings (SSSR count). The second kappa shape index (κ2) is 6.20. The van der Waals surface area contributed by atoms with Crippen LogP contribution in [0.2, 0.25) is 0 Å². The molecule has 0 radical (unpaired) electrons. The molecule has 76 valence electrons. The first-order valence-electron chi connectivity index (χ1n) is 4.58. The van der Waals surface area contributed by atoms with E-state index in [9.17, 15) is 4.79 Å². The molecule has 1 atom stereocenters. The SMILES string of the molecule is CCCC(Cl)(CC(=C=O)CC)OC. The van der Waals surface area contributed by atoms with E-state index >= 15 is 0 Å². The summed E-state index contributed by atoms with van der Waals surface area (Å²) in [5, 5.41) is -0.711. The lowest BCUT2D eigenvalue weighted by molar-refractivity contribution is 0.0558. The molecule has 0 spiro atoms. The predicted octanol–water partition coefficient (Wildman–Crippen LogP) is 2.93. The normalized spacial score (nSPS) is 14.8. The van der Waals surface area contributed by atoms with Gasteiger partial charge in [0.05, 0.1) is 0 Å². The minimum absolute atomic E-state index is 0.471. The van der Waals surface area contributed by atoms with Gasteiger partial charge in [0.1, 0.15) is 11.0 Å². The molecule has 0 aromatic rings. The molecule has 1 unspecified atom stereocenters. The third-order valence-electron chi connectivity index (χ3n) is 2.04. The van der Waals surface area contributed by atoms with Gasteiger partial charge in [-0.15, -0.1) is 0 Å². The summed E-state index contributed by atoms with van der Waals surface area (Å²) in [6.07, 6.45) is 2.84. The third-order valence-corrected chi connectivity index (χ3v) is 2.51. The van der Waals surface area contributed by atoms with Crippen LogP contribution in [-0.4, -0.2) is 18.1 Å². The van der Waals surface area contributed by atoms with Gasteiger partial charge in [0.2, 0.25) is 0 Å². The number of hydrogen-bond donors (Lipinski definition) is 0. The van der Waals surface area contributed by atoms with Crippen LogP contribution in [0.15, 0.2) is 5.57 Å². The molecule has 0 aromatic carbocycles. The Bertz CT molecular complexity index is 197. The fourth-order valence-electron chi connectivity index (χ4n) is 1.19. The molecule has 0 aliphatic rings. The Morgan fingerprint density at radius 3 is 2.46 bits per heavy atom. The van der Waals surface area contributed by atoms with Gasteiger partial charge < -0.3 is 4.74 Å². The fourth-order valence-corrected chi connectivity index (χ4v) is 1.54. The lowest BCUT2D eigenvalue weighted by Crippen LogP contribution is -2.24. The van der Waals surface area contributed by atoms with Crippen molar-refractivity contribution in [2.45, 2.75) is 44.6 Å². The predicted molar refractivity (Wildman–Crippen MR) is 54.6 cm³/mol. The lowest BCUT2D eigenvalue weighted by Gasteiger charge is -2.24. The van der Waals surface area contributed by atoms with Gasteiger partial charge in [-0.3, -0.25) is 0 Å². The highest BCUT2D eigenvalue weighted by Gasteiger charge is 2.26. The van der Waals surface area contributed by atoms with E-state index in [0.717, 1.165) is 12.8 Å². The maximum absolute atomic E-state index is 10.5. The van der Waals surface area contributed by atoms with E-state index in [1.807, 2.05) is 19.8 Å². The first kappa shape index (κ1) is 12.7. The van der Waals surface area contributed by atoms with E-state index in [1.165, 1.54) is 0 Å². The summed E-state index contributed by atoms with van der Waals surface area (Å²) in [4.78, 5) is 10.5. The molecule has 0 aromatic heterocycles. The second-order valence-electron chi connectivity index (χ2n) is 3.07. The molecular formula is C10H17ClO2. The van der Waals surface area contributed by atoms with Gasteiger partial charge in [-0.25, -0.2) is 4.79 Å². The smallest absolute Gasteiger partial charge is 0.145 e. The van der Waals surface area contributed by atoms with Gasteiger partial charge >= 0.3 is 0 Å². The molecule has 0 amide bonds. The Labute approximate surface area is 84.9 Å². The van der Waals surface area contributed by atoms with E-state index in [1.54, 1.807) is 7.11 Å². The average molecular weight is 205 g/mol. The number of ether oxygens (including phenoxy) is 1. The van der Waals surface area contributed by atoms with E-state index in [0.29, 0.717) is 18.4 Å². The van der Waals surface area contributed by atoms with Crippen molar-refractivity contribution in [3.63, 3.8) is 0 Å². The van der Waals surface area contributed by atoms with Gasteiger partial charge in [-0.2, -0.15) is 0 Å². The topological polar surface area (TPSA) is 26.3 Å². The van der Waals surface area contributed by atoms with Crippen LogP contribution in [0, 0.1) is 0 Å². The summed E-state index contributed by atoms with van der Waals surface area (Å²) in [7, 11) is 1.57. The number of rotatable bonds is 6. The minimum Gasteiger partial charge on any atom is -0.363 e. The zero-order valence-corrected chi connectivity index (χ0v) is 9.28. The maximum atomic E-state index is 10.5. The van der Waals surface area contributed by atoms with Gasteiger partial charge in [0.15, 0.2) is 0 Å². The van der Waals surface area contributed by atoms with Crippen LogP contribution in [0.3, 0.4) is 0 Å². The van der Waals surface area contributed by atoms with Crippen LogP contribution in [0.5, 0.6) is 0 Å². The van der Waals surface area contributed by atoms with Crippen molar-refractivity contribution in [3.05, 3.63) is 5.57 Å². The Hall–Kier alpha value is -0.300. The minimum atomic E-state index is -0.711. The van der Waals surface area contributed by atoms with Gasteiger partial charge in [0, 0.05) is 19.1 Å². The fraction of sp³-hybridized carbons (Fsp3) is 0.800. The summed E-state index contributed by atoms with van der Waals surface area (Å²) in [6, 6.07) is 0. The maximum Gasteiger partial charge on any atom is 0.145 e. The molecule has 0 N–H and O–H groups in total. The first-order valence-corrected chi connectivity index (χ1v) is 4.96. The molecule has 0 saturated heterocycles. The van der Waals surface area contributed by atoms with Gasteiger partial charge in [0.25, 0.3) is 0 Å². The Morgan fingerprint density at radius 1 is 1.54 bits per heavy atom. The Balaban J connectivity index is 4.33. The quantitative estimate of drug-likeness (QED) is 0.491. The summed E-state index contributed by atoms with van der Waals surface area (Å²) in [5.41, 5.74) is 0.685. The van der Waals surface area contributed by atoms with E-state index in [-0.39, 0.29) is 0 Å². The van der Waals surface area contributed by atoms with Crippen molar-refractivity contribution in [2.75, 3.05) is 7.11 Å². The molecule has 0 aliphatic heterocycles. The standard InChI is InChI=1S/C10H17ClO2/c1-4-6-10(11,13-3)7-9(5-2)8-12/h4-7H2,1-3H3. The van der Waals surface area contributed by atoms with Gasteiger partial charge in [-0.1, -0.05) is 31.9 Å². The summed E-state index contributed by atoms with van der Waals surface area (Å²) < 4.78 is 5.18. The molecule has 3 heteroatoms. The summed E-state index contributed by atoms with van der Waals surface area (Å²) in [5.74, 6) is 1.90. The third kappa shape index (κ3) is 4.47. The van der Waals surface area contributed by atoms with Crippen molar-refractivity contribution in [1.29, 1.82) is 0 Å². The molecular weight excluding hydrogens is 188 g/mol. The Kier molecular flexibility index (Phi) is 6.06. The lowest BCUT2D eigenvalue weighted by atomic mass is 10.0. The molecule has 0 bridgehead atoms. The average Bonchev–Trinajstić information content (AvgIpc) is 2.15.